The second-order valence-electron chi connectivity index (χ2n) is 4.83. The Bertz CT molecular complexity index is 671. The molecule has 12 heteroatoms. The molecular weight excluding hydrogens is 377 g/mol. The summed E-state index contributed by atoms with van der Waals surface area (Å²) in [6.45, 7) is -3.48. The lowest BCUT2D eigenvalue weighted by atomic mass is 10.2. The van der Waals surface area contributed by atoms with Gasteiger partial charge in [-0.1, -0.05) is 0 Å². The van der Waals surface area contributed by atoms with Gasteiger partial charge >= 0.3 is 18.5 Å². The molecule has 0 saturated carbocycles. The molecule has 0 heterocycles. The lowest BCUT2D eigenvalue weighted by Gasteiger charge is -2.17. The molecule has 0 aliphatic heterocycles. The number of carbonyl (C=O) groups excluding carboxylic acids is 1. The van der Waals surface area contributed by atoms with Gasteiger partial charge in [-0.15, -0.1) is 0 Å². The topological polar surface area (TPSA) is 71.4 Å². The Hall–Kier alpha value is -2.71. The summed E-state index contributed by atoms with van der Waals surface area (Å²) in [5, 5.41) is 10.5. The van der Waals surface area contributed by atoms with E-state index in [0.29, 0.717) is 0 Å². The normalized spacial score (nSPS) is 11.8. The van der Waals surface area contributed by atoms with E-state index in [1.165, 1.54) is 6.07 Å². The largest absolute Gasteiger partial charge is 0.487 e. The van der Waals surface area contributed by atoms with Gasteiger partial charge in [0.2, 0.25) is 5.91 Å². The van der Waals surface area contributed by atoms with E-state index < -0.39 is 55.6 Å². The molecule has 1 aromatic carbocycles. The third-order valence-electron chi connectivity index (χ3n) is 2.56. The van der Waals surface area contributed by atoms with E-state index in [0.717, 1.165) is 18.2 Å². The van der Waals surface area contributed by atoms with Gasteiger partial charge in [-0.3, -0.25) is 4.79 Å². The van der Waals surface area contributed by atoms with E-state index in [1.54, 1.807) is 0 Å². The molecule has 144 valence electrons. The summed E-state index contributed by atoms with van der Waals surface area (Å²) >= 11 is 0. The molecule has 0 bridgehead atoms. The molecule has 0 aliphatic carbocycles. The van der Waals surface area contributed by atoms with Crippen molar-refractivity contribution in [2.24, 2.45) is 0 Å². The van der Waals surface area contributed by atoms with Crippen molar-refractivity contribution in [3.63, 3.8) is 0 Å². The molecule has 1 N–H and O–H groups in total. The van der Waals surface area contributed by atoms with E-state index in [9.17, 15) is 35.5 Å². The van der Waals surface area contributed by atoms with Gasteiger partial charge in [-0.25, -0.2) is 8.78 Å². The van der Waals surface area contributed by atoms with Crippen molar-refractivity contribution in [1.82, 2.24) is 0 Å². The fourth-order valence-corrected chi connectivity index (χ4v) is 1.50. The minimum atomic E-state index is -4.70. The Balaban J connectivity index is 2.99. The molecule has 26 heavy (non-hydrogen) atoms. The minimum absolute atomic E-state index is 0.236. The van der Waals surface area contributed by atoms with Crippen LogP contribution in [0.2, 0.25) is 0 Å². The molecule has 0 atom stereocenters. The SMILES string of the molecule is N#CCC(=O)Nc1cc(OCC(F)(F)F)cc(OCC(F)(F)C(F)F)c1. The van der Waals surface area contributed by atoms with Gasteiger partial charge in [0, 0.05) is 23.9 Å². The smallest absolute Gasteiger partial charge is 0.422 e. The van der Waals surface area contributed by atoms with Crippen molar-refractivity contribution in [1.29, 1.82) is 5.26 Å². The fourth-order valence-electron chi connectivity index (χ4n) is 1.50. The summed E-state index contributed by atoms with van der Waals surface area (Å²) in [5.41, 5.74) is -0.236. The lowest BCUT2D eigenvalue weighted by Crippen LogP contribution is -2.33. The number of nitrogens with zero attached hydrogens (tertiary/aromatic N) is 1. The maximum atomic E-state index is 12.9. The van der Waals surface area contributed by atoms with Crippen LogP contribution in [-0.2, 0) is 4.79 Å². The Morgan fingerprint density at radius 2 is 1.62 bits per heavy atom. The standard InChI is InChI=1S/C14H11F7N2O3/c15-12(16)13(17,18)6-25-9-3-8(23-11(24)1-2-22)4-10(5-9)26-7-14(19,20)21/h3-5,12H,1,6-7H2,(H,23,24). The summed E-state index contributed by atoms with van der Waals surface area (Å²) in [6.07, 6.45) is -9.31. The first-order valence-electron chi connectivity index (χ1n) is 6.73. The quantitative estimate of drug-likeness (QED) is 0.689. The van der Waals surface area contributed by atoms with Gasteiger partial charge in [-0.05, 0) is 0 Å². The van der Waals surface area contributed by atoms with Crippen molar-refractivity contribution >= 4 is 11.6 Å². The third-order valence-corrected chi connectivity index (χ3v) is 2.56. The van der Waals surface area contributed by atoms with Crippen LogP contribution in [0.3, 0.4) is 0 Å². The molecule has 0 saturated heterocycles. The average molecular weight is 388 g/mol. The maximum absolute atomic E-state index is 12.9. The summed E-state index contributed by atoms with van der Waals surface area (Å²) in [5.74, 6) is -6.40. The van der Waals surface area contributed by atoms with Crippen LogP contribution in [0.25, 0.3) is 0 Å². The molecule has 0 aliphatic rings. The maximum Gasteiger partial charge on any atom is 0.422 e. The van der Waals surface area contributed by atoms with Crippen LogP contribution >= 0.6 is 0 Å². The molecule has 1 aromatic rings. The first-order chi connectivity index (χ1) is 11.9. The molecule has 0 radical (unpaired) electrons. The number of hydrogen-bond donors (Lipinski definition) is 1. The lowest BCUT2D eigenvalue weighted by molar-refractivity contribution is -0.153. The predicted molar refractivity (Wildman–Crippen MR) is 73.3 cm³/mol. The zero-order valence-electron chi connectivity index (χ0n) is 12.7. The number of nitriles is 1. The van der Waals surface area contributed by atoms with E-state index in [4.69, 9.17) is 5.26 Å². The number of anilines is 1. The van der Waals surface area contributed by atoms with Crippen molar-refractivity contribution in [2.75, 3.05) is 18.5 Å². The number of hydrogen-bond acceptors (Lipinski definition) is 4. The number of amides is 1. The van der Waals surface area contributed by atoms with Crippen LogP contribution in [-0.4, -0.2) is 37.6 Å². The number of carbonyl (C=O) groups is 1. The molecule has 5 nitrogen and oxygen atoms in total. The minimum Gasteiger partial charge on any atom is -0.487 e. The van der Waals surface area contributed by atoms with Gasteiger partial charge in [0.1, 0.15) is 17.9 Å². The van der Waals surface area contributed by atoms with Crippen LogP contribution in [0.4, 0.5) is 36.4 Å². The van der Waals surface area contributed by atoms with Crippen LogP contribution < -0.4 is 14.8 Å². The number of ether oxygens (including phenoxy) is 2. The number of alkyl halides is 7. The number of rotatable bonds is 8. The Morgan fingerprint density at radius 1 is 1.08 bits per heavy atom. The van der Waals surface area contributed by atoms with E-state index in [2.05, 4.69) is 14.8 Å². The van der Waals surface area contributed by atoms with Crippen LogP contribution in [0.15, 0.2) is 18.2 Å². The Kier molecular flexibility index (Phi) is 7.05. The van der Waals surface area contributed by atoms with Gasteiger partial charge in [0.25, 0.3) is 0 Å². The zero-order chi connectivity index (χ0) is 20.0. The van der Waals surface area contributed by atoms with E-state index in [-0.39, 0.29) is 5.69 Å². The highest BCUT2D eigenvalue weighted by Crippen LogP contribution is 2.30. The number of nitrogens with one attached hydrogen (secondary N) is 1. The average Bonchev–Trinajstić information content (AvgIpc) is 2.50. The second kappa shape index (κ2) is 8.59. The third kappa shape index (κ3) is 7.45. The molecule has 0 fully saturated rings. The van der Waals surface area contributed by atoms with Gasteiger partial charge in [0.15, 0.2) is 13.2 Å². The highest BCUT2D eigenvalue weighted by Gasteiger charge is 2.41. The zero-order valence-corrected chi connectivity index (χ0v) is 12.7. The summed E-state index contributed by atoms with van der Waals surface area (Å²) in [6, 6.07) is 4.09. The van der Waals surface area contributed by atoms with Crippen LogP contribution in [0.1, 0.15) is 6.42 Å². The summed E-state index contributed by atoms with van der Waals surface area (Å²) in [7, 11) is 0. The van der Waals surface area contributed by atoms with Crippen molar-refractivity contribution in [3.05, 3.63) is 18.2 Å². The van der Waals surface area contributed by atoms with Gasteiger partial charge in [-0.2, -0.15) is 27.2 Å². The number of halogens is 7. The Morgan fingerprint density at radius 3 is 2.08 bits per heavy atom. The fraction of sp³-hybridized carbons (Fsp3) is 0.429. The molecular formula is C14H11F7N2O3. The van der Waals surface area contributed by atoms with Crippen molar-refractivity contribution < 1.29 is 45.0 Å². The second-order valence-corrected chi connectivity index (χ2v) is 4.83. The van der Waals surface area contributed by atoms with Crippen molar-refractivity contribution in [2.45, 2.75) is 24.9 Å². The van der Waals surface area contributed by atoms with E-state index >= 15 is 0 Å². The van der Waals surface area contributed by atoms with Crippen molar-refractivity contribution in [3.8, 4) is 17.6 Å². The molecule has 0 spiro atoms. The van der Waals surface area contributed by atoms with Crippen LogP contribution in [0.5, 0.6) is 11.5 Å². The van der Waals surface area contributed by atoms with E-state index in [1.807, 2.05) is 0 Å². The summed E-state index contributed by atoms with van der Waals surface area (Å²) < 4.78 is 95.5. The first kappa shape index (κ1) is 21.3. The van der Waals surface area contributed by atoms with Crippen LogP contribution in [0, 0.1) is 11.3 Å². The molecule has 1 amide bonds. The molecule has 1 rings (SSSR count). The monoisotopic (exact) mass is 388 g/mol. The van der Waals surface area contributed by atoms with Gasteiger partial charge < -0.3 is 14.8 Å². The first-order valence-corrected chi connectivity index (χ1v) is 6.73. The highest BCUT2D eigenvalue weighted by molar-refractivity contribution is 5.92. The summed E-state index contributed by atoms with van der Waals surface area (Å²) in [4.78, 5) is 11.3. The predicted octanol–water partition coefficient (Wildman–Crippen LogP) is 3.76. The molecule has 0 aromatic heterocycles. The van der Waals surface area contributed by atoms with Gasteiger partial charge in [0.05, 0.1) is 6.07 Å². The number of benzene rings is 1. The Labute approximate surface area is 142 Å². The highest BCUT2D eigenvalue weighted by atomic mass is 19.4. The molecule has 0 unspecified atom stereocenters.